The summed E-state index contributed by atoms with van der Waals surface area (Å²) in [7, 11) is 1.66. The van der Waals surface area contributed by atoms with Gasteiger partial charge in [0, 0.05) is 25.8 Å². The van der Waals surface area contributed by atoms with E-state index < -0.39 is 12.6 Å². The van der Waals surface area contributed by atoms with E-state index in [1.54, 1.807) is 24.2 Å². The van der Waals surface area contributed by atoms with Crippen LogP contribution < -0.4 is 5.73 Å². The molecule has 0 aliphatic heterocycles. The molecule has 2 N–H and O–H groups in total. The van der Waals surface area contributed by atoms with Crippen molar-refractivity contribution in [2.75, 3.05) is 13.6 Å². The van der Waals surface area contributed by atoms with Gasteiger partial charge in [-0.25, -0.2) is 0 Å². The molecule has 0 saturated carbocycles. The van der Waals surface area contributed by atoms with Gasteiger partial charge in [-0.2, -0.15) is 13.2 Å². The molecule has 0 aliphatic rings. The molecule has 0 radical (unpaired) electrons. The third-order valence-electron chi connectivity index (χ3n) is 2.32. The molecule has 1 aromatic rings. The van der Waals surface area contributed by atoms with Crippen LogP contribution in [0, 0.1) is 0 Å². The van der Waals surface area contributed by atoms with Crippen LogP contribution in [0.1, 0.15) is 17.7 Å². The zero-order valence-electron chi connectivity index (χ0n) is 9.67. The monoisotopic (exact) mass is 247 g/mol. The van der Waals surface area contributed by atoms with Gasteiger partial charge in [-0.1, -0.05) is 0 Å². The van der Waals surface area contributed by atoms with Crippen LogP contribution in [0.4, 0.5) is 13.2 Å². The van der Waals surface area contributed by atoms with Crippen LogP contribution in [0.5, 0.6) is 0 Å². The summed E-state index contributed by atoms with van der Waals surface area (Å²) in [6, 6.07) is 3.59. The van der Waals surface area contributed by atoms with Gasteiger partial charge in [0.05, 0.1) is 12.1 Å². The van der Waals surface area contributed by atoms with Crippen LogP contribution in [0.15, 0.2) is 18.3 Å². The SMILES string of the molecule is CN(CCC(F)(F)F)Cc1ccnc(CN)c1. The number of hydrogen-bond donors (Lipinski definition) is 1. The molecule has 3 nitrogen and oxygen atoms in total. The average molecular weight is 247 g/mol. The average Bonchev–Trinajstić information content (AvgIpc) is 2.26. The predicted octanol–water partition coefficient (Wildman–Crippen LogP) is 1.92. The van der Waals surface area contributed by atoms with Crippen LogP contribution in [0.25, 0.3) is 0 Å². The first-order valence-electron chi connectivity index (χ1n) is 5.30. The lowest BCUT2D eigenvalue weighted by atomic mass is 10.2. The van der Waals surface area contributed by atoms with Crippen molar-refractivity contribution in [3.8, 4) is 0 Å². The highest BCUT2D eigenvalue weighted by atomic mass is 19.4. The van der Waals surface area contributed by atoms with Gasteiger partial charge in [-0.15, -0.1) is 0 Å². The van der Waals surface area contributed by atoms with E-state index in [4.69, 9.17) is 5.73 Å². The smallest absolute Gasteiger partial charge is 0.325 e. The fourth-order valence-corrected chi connectivity index (χ4v) is 1.45. The number of aromatic nitrogens is 1. The van der Waals surface area contributed by atoms with Crippen LogP contribution in [0.3, 0.4) is 0 Å². The third-order valence-corrected chi connectivity index (χ3v) is 2.32. The Balaban J connectivity index is 2.47. The molecule has 96 valence electrons. The molecule has 0 unspecified atom stereocenters. The van der Waals surface area contributed by atoms with E-state index in [0.717, 1.165) is 11.3 Å². The van der Waals surface area contributed by atoms with Gasteiger partial charge in [-0.05, 0) is 24.7 Å². The van der Waals surface area contributed by atoms with Gasteiger partial charge in [0.2, 0.25) is 0 Å². The maximum Gasteiger partial charge on any atom is 0.390 e. The molecule has 0 bridgehead atoms. The summed E-state index contributed by atoms with van der Waals surface area (Å²) in [5.41, 5.74) is 7.10. The number of alkyl halides is 3. The van der Waals surface area contributed by atoms with E-state index in [0.29, 0.717) is 13.1 Å². The Hall–Kier alpha value is -1.14. The first-order chi connectivity index (χ1) is 7.90. The van der Waals surface area contributed by atoms with Gasteiger partial charge >= 0.3 is 6.18 Å². The van der Waals surface area contributed by atoms with Crippen molar-refractivity contribution in [1.82, 2.24) is 9.88 Å². The van der Waals surface area contributed by atoms with Crippen LogP contribution in [-0.2, 0) is 13.1 Å². The van der Waals surface area contributed by atoms with Crippen LogP contribution in [0.2, 0.25) is 0 Å². The Morgan fingerprint density at radius 3 is 2.71 bits per heavy atom. The van der Waals surface area contributed by atoms with Crippen molar-refractivity contribution in [2.45, 2.75) is 25.7 Å². The fraction of sp³-hybridized carbons (Fsp3) is 0.545. The van der Waals surface area contributed by atoms with Crippen molar-refractivity contribution in [1.29, 1.82) is 0 Å². The molecule has 6 heteroatoms. The molecule has 1 heterocycles. The highest BCUT2D eigenvalue weighted by Crippen LogP contribution is 2.19. The second-order valence-electron chi connectivity index (χ2n) is 3.96. The molecule has 0 fully saturated rings. The molecule has 0 aromatic carbocycles. The second kappa shape index (κ2) is 5.97. The van der Waals surface area contributed by atoms with Crippen molar-refractivity contribution in [3.63, 3.8) is 0 Å². The highest BCUT2D eigenvalue weighted by molar-refractivity contribution is 5.16. The number of nitrogens with two attached hydrogens (primary N) is 1. The lowest BCUT2D eigenvalue weighted by Gasteiger charge is -2.17. The number of rotatable bonds is 5. The van der Waals surface area contributed by atoms with Crippen LogP contribution >= 0.6 is 0 Å². The topological polar surface area (TPSA) is 42.2 Å². The number of hydrogen-bond acceptors (Lipinski definition) is 3. The standard InChI is InChI=1S/C11H16F3N3/c1-17(5-3-11(12,13)14)8-9-2-4-16-10(6-9)7-15/h2,4,6H,3,5,7-8,15H2,1H3. The summed E-state index contributed by atoms with van der Waals surface area (Å²) in [6.07, 6.45) is -3.28. The van der Waals surface area contributed by atoms with E-state index in [-0.39, 0.29) is 6.54 Å². The molecule has 0 spiro atoms. The predicted molar refractivity (Wildman–Crippen MR) is 59.1 cm³/mol. The summed E-state index contributed by atoms with van der Waals surface area (Å²) in [5.74, 6) is 0. The van der Waals surface area contributed by atoms with E-state index >= 15 is 0 Å². The number of nitrogens with zero attached hydrogens (tertiary/aromatic N) is 2. The maximum atomic E-state index is 12.0. The fourth-order valence-electron chi connectivity index (χ4n) is 1.45. The molecule has 0 saturated heterocycles. The van der Waals surface area contributed by atoms with E-state index in [1.807, 2.05) is 6.07 Å². The minimum Gasteiger partial charge on any atom is -0.325 e. The lowest BCUT2D eigenvalue weighted by molar-refractivity contribution is -0.137. The van der Waals surface area contributed by atoms with Crippen molar-refractivity contribution >= 4 is 0 Å². The summed E-state index contributed by atoms with van der Waals surface area (Å²) in [4.78, 5) is 5.65. The van der Waals surface area contributed by atoms with Crippen LogP contribution in [-0.4, -0.2) is 29.7 Å². The molecule has 1 aromatic heterocycles. The van der Waals surface area contributed by atoms with Crippen molar-refractivity contribution in [3.05, 3.63) is 29.6 Å². The summed E-state index contributed by atoms with van der Waals surface area (Å²) >= 11 is 0. The largest absolute Gasteiger partial charge is 0.390 e. The van der Waals surface area contributed by atoms with E-state index in [1.165, 1.54) is 0 Å². The lowest BCUT2D eigenvalue weighted by Crippen LogP contribution is -2.24. The summed E-state index contributed by atoms with van der Waals surface area (Å²) < 4.78 is 36.1. The molecular formula is C11H16F3N3. The Labute approximate surface area is 98.4 Å². The van der Waals surface area contributed by atoms with Crippen molar-refractivity contribution in [2.24, 2.45) is 5.73 Å². The molecule has 17 heavy (non-hydrogen) atoms. The van der Waals surface area contributed by atoms with Gasteiger partial charge in [0.15, 0.2) is 0 Å². The first kappa shape index (κ1) is 13.9. The summed E-state index contributed by atoms with van der Waals surface area (Å²) in [5, 5.41) is 0. The molecule has 0 atom stereocenters. The molecular weight excluding hydrogens is 231 g/mol. The quantitative estimate of drug-likeness (QED) is 0.864. The minimum absolute atomic E-state index is 0.0101. The Bertz CT molecular complexity index is 352. The Morgan fingerprint density at radius 2 is 2.12 bits per heavy atom. The van der Waals surface area contributed by atoms with Gasteiger partial charge in [0.1, 0.15) is 0 Å². The molecule has 1 rings (SSSR count). The normalized spacial score (nSPS) is 12.1. The maximum absolute atomic E-state index is 12.0. The van der Waals surface area contributed by atoms with E-state index in [9.17, 15) is 13.2 Å². The van der Waals surface area contributed by atoms with Crippen molar-refractivity contribution < 1.29 is 13.2 Å². The van der Waals surface area contributed by atoms with Gasteiger partial charge < -0.3 is 10.6 Å². The number of pyridine rings is 1. The molecule has 0 aliphatic carbocycles. The zero-order chi connectivity index (χ0) is 12.9. The Morgan fingerprint density at radius 1 is 1.41 bits per heavy atom. The number of halogens is 3. The zero-order valence-corrected chi connectivity index (χ0v) is 9.67. The second-order valence-corrected chi connectivity index (χ2v) is 3.96. The highest BCUT2D eigenvalue weighted by Gasteiger charge is 2.26. The third kappa shape index (κ3) is 5.65. The van der Waals surface area contributed by atoms with Gasteiger partial charge in [-0.3, -0.25) is 4.98 Å². The molecule has 0 amide bonds. The summed E-state index contributed by atoms with van der Waals surface area (Å²) in [6.45, 7) is 0.787. The van der Waals surface area contributed by atoms with Gasteiger partial charge in [0.25, 0.3) is 0 Å². The minimum atomic E-state index is -4.10. The first-order valence-corrected chi connectivity index (χ1v) is 5.30. The Kier molecular flexibility index (Phi) is 4.89. The van der Waals surface area contributed by atoms with E-state index in [2.05, 4.69) is 4.98 Å².